The van der Waals surface area contributed by atoms with Gasteiger partial charge in [-0.3, -0.25) is 9.59 Å². The number of alkyl halides is 3. The molecule has 0 aliphatic carbocycles. The maximum atomic E-state index is 13.2. The molecule has 0 fully saturated rings. The van der Waals surface area contributed by atoms with Crippen LogP contribution < -0.4 is 16.0 Å². The highest BCUT2D eigenvalue weighted by molar-refractivity contribution is 6.40. The number of carbonyl (C=O) groups is 2. The van der Waals surface area contributed by atoms with Crippen molar-refractivity contribution < 1.29 is 22.8 Å². The van der Waals surface area contributed by atoms with Crippen LogP contribution in [0.5, 0.6) is 0 Å². The number of benzene rings is 2. The maximum Gasteiger partial charge on any atom is 0.392 e. The molecule has 3 aromatic rings. The van der Waals surface area contributed by atoms with Crippen molar-refractivity contribution in [2.45, 2.75) is 32.5 Å². The number of fused-ring (bicyclic) bond motifs is 1. The van der Waals surface area contributed by atoms with Gasteiger partial charge >= 0.3 is 6.18 Å². The van der Waals surface area contributed by atoms with Gasteiger partial charge in [-0.2, -0.15) is 18.4 Å². The van der Waals surface area contributed by atoms with Crippen LogP contribution in [-0.4, -0.2) is 29.0 Å². The second kappa shape index (κ2) is 11.5. The zero-order valence-electron chi connectivity index (χ0n) is 19.5. The molecule has 3 N–H and O–H groups in total. The molecule has 0 saturated carbocycles. The molecule has 37 heavy (non-hydrogen) atoms. The van der Waals surface area contributed by atoms with Gasteiger partial charge in [0, 0.05) is 17.6 Å². The van der Waals surface area contributed by atoms with E-state index in [1.165, 1.54) is 36.5 Å². The molecule has 7 nitrogen and oxygen atoms in total. The number of rotatable bonds is 7. The quantitative estimate of drug-likeness (QED) is 0.294. The van der Waals surface area contributed by atoms with Crippen molar-refractivity contribution in [3.8, 4) is 6.07 Å². The molecule has 2 aromatic carbocycles. The van der Waals surface area contributed by atoms with Crippen LogP contribution in [0.25, 0.3) is 10.8 Å². The lowest BCUT2D eigenvalue weighted by Gasteiger charge is -2.18. The van der Waals surface area contributed by atoms with E-state index in [-0.39, 0.29) is 33.2 Å². The maximum absolute atomic E-state index is 13.2. The number of anilines is 2. The molecule has 2 amide bonds. The van der Waals surface area contributed by atoms with Gasteiger partial charge in [0.05, 0.1) is 39.3 Å². The average molecular weight is 550 g/mol. The molecule has 0 radical (unpaired) electrons. The first-order valence-corrected chi connectivity index (χ1v) is 11.6. The van der Waals surface area contributed by atoms with E-state index >= 15 is 0 Å². The normalized spacial score (nSPS) is 11.8. The number of allylic oxidation sites excluding steroid dienone is 1. The second-order valence-corrected chi connectivity index (χ2v) is 8.92. The number of amides is 2. The minimum absolute atomic E-state index is 0.0321. The van der Waals surface area contributed by atoms with E-state index < -0.39 is 30.1 Å². The Balaban J connectivity index is 2.10. The van der Waals surface area contributed by atoms with Crippen LogP contribution >= 0.6 is 23.2 Å². The second-order valence-electron chi connectivity index (χ2n) is 8.14. The molecule has 1 heterocycles. The van der Waals surface area contributed by atoms with Crippen LogP contribution in [0.3, 0.4) is 0 Å². The third-order valence-corrected chi connectivity index (χ3v) is 5.60. The fourth-order valence-electron chi connectivity index (χ4n) is 3.28. The average Bonchev–Trinajstić information content (AvgIpc) is 2.82. The van der Waals surface area contributed by atoms with E-state index in [0.29, 0.717) is 22.4 Å². The molecule has 3 rings (SSSR count). The number of nitrogens with one attached hydrogen (secondary N) is 3. The molecule has 0 atom stereocenters. The zero-order valence-corrected chi connectivity index (χ0v) is 21.0. The van der Waals surface area contributed by atoms with Gasteiger partial charge in [0.2, 0.25) is 0 Å². The molecular weight excluding hydrogens is 530 g/mol. The van der Waals surface area contributed by atoms with Crippen molar-refractivity contribution >= 4 is 57.3 Å². The summed E-state index contributed by atoms with van der Waals surface area (Å²) in [6, 6.07) is 10.7. The Kier molecular flexibility index (Phi) is 8.63. The van der Waals surface area contributed by atoms with Crippen molar-refractivity contribution in [1.29, 1.82) is 5.26 Å². The van der Waals surface area contributed by atoms with Crippen molar-refractivity contribution in [2.75, 3.05) is 10.6 Å². The summed E-state index contributed by atoms with van der Waals surface area (Å²) in [4.78, 5) is 30.1. The first-order valence-electron chi connectivity index (χ1n) is 10.8. The minimum Gasteiger partial charge on any atom is -0.350 e. The number of halogens is 5. The van der Waals surface area contributed by atoms with Gasteiger partial charge in [-0.1, -0.05) is 29.3 Å². The molecular formula is C25H20Cl2F3N5O2. The fourth-order valence-corrected chi connectivity index (χ4v) is 3.77. The Bertz CT molecular complexity index is 1430. The molecule has 0 aliphatic rings. The lowest BCUT2D eigenvalue weighted by molar-refractivity contribution is -0.125. The zero-order chi connectivity index (χ0) is 27.3. The Hall–Kier alpha value is -3.81. The molecule has 1 aromatic heterocycles. The van der Waals surface area contributed by atoms with Gasteiger partial charge in [0.1, 0.15) is 11.5 Å². The molecule has 12 heteroatoms. The predicted molar refractivity (Wildman–Crippen MR) is 137 cm³/mol. The van der Waals surface area contributed by atoms with Crippen LogP contribution in [-0.2, 0) is 4.79 Å². The summed E-state index contributed by atoms with van der Waals surface area (Å²) >= 11 is 12.6. The monoisotopic (exact) mass is 549 g/mol. The first kappa shape index (κ1) is 27.8. The highest BCUT2D eigenvalue weighted by atomic mass is 35.5. The SMILES string of the molecule is CC(C)NC(=O)c1cc2cc(C#N)ccc2c(Cl)c1NC(=O)/C(=C/CC(F)(F)F)Nc1ncccc1Cl. The van der Waals surface area contributed by atoms with Gasteiger partial charge in [-0.25, -0.2) is 4.98 Å². The van der Waals surface area contributed by atoms with Crippen LogP contribution in [0.15, 0.2) is 54.4 Å². The Morgan fingerprint density at radius 1 is 1.16 bits per heavy atom. The summed E-state index contributed by atoms with van der Waals surface area (Å²) in [5.41, 5.74) is -0.344. The molecule has 0 unspecified atom stereocenters. The Morgan fingerprint density at radius 2 is 1.89 bits per heavy atom. The van der Waals surface area contributed by atoms with Gasteiger partial charge < -0.3 is 16.0 Å². The van der Waals surface area contributed by atoms with E-state index in [2.05, 4.69) is 20.9 Å². The number of nitriles is 1. The van der Waals surface area contributed by atoms with Crippen molar-refractivity contribution in [3.63, 3.8) is 0 Å². The number of aromatic nitrogens is 1. The minimum atomic E-state index is -4.59. The summed E-state index contributed by atoms with van der Waals surface area (Å²) < 4.78 is 38.9. The summed E-state index contributed by atoms with van der Waals surface area (Å²) in [7, 11) is 0. The van der Waals surface area contributed by atoms with Gasteiger partial charge in [0.25, 0.3) is 11.8 Å². The molecule has 0 spiro atoms. The van der Waals surface area contributed by atoms with E-state index in [0.717, 1.165) is 0 Å². The summed E-state index contributed by atoms with van der Waals surface area (Å²) in [5, 5.41) is 17.8. The van der Waals surface area contributed by atoms with Crippen LogP contribution in [0.4, 0.5) is 24.7 Å². The predicted octanol–water partition coefficient (Wildman–Crippen LogP) is 6.44. The first-order chi connectivity index (χ1) is 17.4. The Morgan fingerprint density at radius 3 is 2.51 bits per heavy atom. The number of hydrogen-bond acceptors (Lipinski definition) is 5. The van der Waals surface area contributed by atoms with Crippen molar-refractivity contribution in [3.05, 3.63) is 75.5 Å². The summed E-state index contributed by atoms with van der Waals surface area (Å²) in [5.74, 6) is -1.64. The lowest BCUT2D eigenvalue weighted by Crippen LogP contribution is -2.31. The fraction of sp³-hybridized carbons (Fsp3) is 0.200. The van der Waals surface area contributed by atoms with Crippen molar-refractivity contribution in [2.24, 2.45) is 0 Å². The molecule has 0 saturated heterocycles. The van der Waals surface area contributed by atoms with Gasteiger partial charge in [0.15, 0.2) is 0 Å². The largest absolute Gasteiger partial charge is 0.392 e. The summed E-state index contributed by atoms with van der Waals surface area (Å²) in [6.07, 6.45) is -4.03. The number of hydrogen-bond donors (Lipinski definition) is 3. The summed E-state index contributed by atoms with van der Waals surface area (Å²) in [6.45, 7) is 3.45. The highest BCUT2D eigenvalue weighted by Gasteiger charge is 2.27. The van der Waals surface area contributed by atoms with Crippen LogP contribution in [0, 0.1) is 11.3 Å². The Labute approximate surface area is 220 Å². The third kappa shape index (κ3) is 7.12. The number of nitrogens with zero attached hydrogens (tertiary/aromatic N) is 2. The van der Waals surface area contributed by atoms with Gasteiger partial charge in [-0.05, 0) is 55.6 Å². The lowest BCUT2D eigenvalue weighted by atomic mass is 10.0. The van der Waals surface area contributed by atoms with E-state index in [1.54, 1.807) is 19.9 Å². The van der Waals surface area contributed by atoms with Gasteiger partial charge in [-0.15, -0.1) is 0 Å². The van der Waals surface area contributed by atoms with Crippen LogP contribution in [0.2, 0.25) is 10.0 Å². The van der Waals surface area contributed by atoms with Crippen LogP contribution in [0.1, 0.15) is 36.2 Å². The van der Waals surface area contributed by atoms with E-state index in [1.807, 2.05) is 6.07 Å². The smallest absolute Gasteiger partial charge is 0.350 e. The van der Waals surface area contributed by atoms with E-state index in [9.17, 15) is 28.0 Å². The van der Waals surface area contributed by atoms with Crippen molar-refractivity contribution in [1.82, 2.24) is 10.3 Å². The number of carbonyl (C=O) groups excluding carboxylic acids is 2. The van der Waals surface area contributed by atoms with E-state index in [4.69, 9.17) is 23.2 Å². The highest BCUT2D eigenvalue weighted by Crippen LogP contribution is 2.36. The standard InChI is InChI=1S/C25H20Cl2F3N5O2/c1-13(2)33-23(36)17-11-15-10-14(12-31)5-6-16(15)20(27)21(17)35-24(37)19(7-8-25(28,29)30)34-22-18(26)4-3-9-32-22/h3-7,9-11,13H,8H2,1-2H3,(H,32,34)(H,33,36)(H,35,37)/b19-7-. The third-order valence-electron chi connectivity index (χ3n) is 4.90. The molecule has 192 valence electrons. The molecule has 0 aliphatic heterocycles. The molecule has 0 bridgehead atoms. The topological polar surface area (TPSA) is 107 Å². The number of pyridine rings is 1.